The zero-order valence-electron chi connectivity index (χ0n) is 12.3. The Bertz CT molecular complexity index is 416. The molecule has 1 aliphatic rings. The van der Waals surface area contributed by atoms with Crippen LogP contribution < -0.4 is 10.2 Å². The van der Waals surface area contributed by atoms with E-state index in [1.54, 1.807) is 0 Å². The number of piperazine rings is 1. The molecule has 4 heteroatoms. The van der Waals surface area contributed by atoms with E-state index in [0.717, 1.165) is 24.1 Å². The second-order valence-corrected chi connectivity index (χ2v) is 6.94. The van der Waals surface area contributed by atoms with Gasteiger partial charge in [0.2, 0.25) is 0 Å². The van der Waals surface area contributed by atoms with Gasteiger partial charge in [0.1, 0.15) is 0 Å². The molecule has 1 unspecified atom stereocenters. The molecule has 1 heterocycles. The molecule has 1 N–H and O–H groups in total. The maximum atomic E-state index is 3.51. The summed E-state index contributed by atoms with van der Waals surface area (Å²) in [6.07, 6.45) is 0. The monoisotopic (exact) mass is 325 g/mol. The maximum absolute atomic E-state index is 3.51. The Labute approximate surface area is 125 Å². The summed E-state index contributed by atoms with van der Waals surface area (Å²) in [7, 11) is 4.25. The summed E-state index contributed by atoms with van der Waals surface area (Å²) in [5.74, 6) is 0. The zero-order chi connectivity index (χ0) is 14.0. The molecule has 1 aromatic carbocycles. The van der Waals surface area contributed by atoms with E-state index in [-0.39, 0.29) is 5.54 Å². The number of hydrogen-bond donors (Lipinski definition) is 1. The number of anilines is 1. The van der Waals surface area contributed by atoms with Gasteiger partial charge in [0.15, 0.2) is 0 Å². The maximum Gasteiger partial charge on any atom is 0.0473 e. The largest absolute Gasteiger partial charge is 0.364 e. The molecule has 2 rings (SSSR count). The summed E-state index contributed by atoms with van der Waals surface area (Å²) in [6.45, 7) is 7.81. The topological polar surface area (TPSA) is 18.5 Å². The number of hydrogen-bond acceptors (Lipinski definition) is 3. The van der Waals surface area contributed by atoms with E-state index in [9.17, 15) is 0 Å². The first-order chi connectivity index (χ1) is 8.94. The summed E-state index contributed by atoms with van der Waals surface area (Å²) in [4.78, 5) is 4.99. The molecule has 1 aliphatic heterocycles. The molecule has 1 saturated heterocycles. The molecule has 0 saturated carbocycles. The third-order valence-electron chi connectivity index (χ3n) is 3.96. The number of nitrogens with zero attached hydrogens (tertiary/aromatic N) is 2. The first-order valence-electron chi connectivity index (χ1n) is 6.82. The number of nitrogens with one attached hydrogen (secondary N) is 1. The van der Waals surface area contributed by atoms with Crippen molar-refractivity contribution >= 4 is 21.6 Å². The minimum Gasteiger partial charge on any atom is -0.364 e. The number of likely N-dealkylation sites (N-methyl/N-ethyl adjacent to an activating group) is 2. The highest BCUT2D eigenvalue weighted by atomic mass is 79.9. The quantitative estimate of drug-likeness (QED) is 0.921. The molecule has 0 aliphatic carbocycles. The highest BCUT2D eigenvalue weighted by Gasteiger charge is 2.37. The predicted octanol–water partition coefficient (Wildman–Crippen LogP) is 2.57. The molecule has 1 fully saturated rings. The smallest absolute Gasteiger partial charge is 0.0473 e. The number of benzene rings is 1. The van der Waals surface area contributed by atoms with Crippen LogP contribution in [0.1, 0.15) is 13.8 Å². The van der Waals surface area contributed by atoms with E-state index in [4.69, 9.17) is 0 Å². The van der Waals surface area contributed by atoms with Crippen LogP contribution in [0.5, 0.6) is 0 Å². The van der Waals surface area contributed by atoms with Gasteiger partial charge in [0.05, 0.1) is 0 Å². The van der Waals surface area contributed by atoms with Gasteiger partial charge < -0.3 is 10.2 Å². The summed E-state index contributed by atoms with van der Waals surface area (Å²) in [5, 5.41) is 3.30. The fourth-order valence-corrected chi connectivity index (χ4v) is 3.22. The Balaban J connectivity index is 2.23. The molecular weight excluding hydrogens is 302 g/mol. The van der Waals surface area contributed by atoms with Crippen molar-refractivity contribution in [1.29, 1.82) is 0 Å². The zero-order valence-corrected chi connectivity index (χ0v) is 13.9. The van der Waals surface area contributed by atoms with Crippen molar-refractivity contribution in [3.8, 4) is 0 Å². The molecule has 1 atom stereocenters. The van der Waals surface area contributed by atoms with Gasteiger partial charge in [-0.25, -0.2) is 0 Å². The Morgan fingerprint density at radius 1 is 1.32 bits per heavy atom. The lowest BCUT2D eigenvalue weighted by molar-refractivity contribution is 0.150. The van der Waals surface area contributed by atoms with Gasteiger partial charge in [-0.1, -0.05) is 15.9 Å². The van der Waals surface area contributed by atoms with Crippen molar-refractivity contribution < 1.29 is 0 Å². The average Bonchev–Trinajstić information content (AvgIpc) is 2.33. The van der Waals surface area contributed by atoms with Crippen molar-refractivity contribution in [3.05, 3.63) is 28.7 Å². The van der Waals surface area contributed by atoms with E-state index in [0.29, 0.717) is 6.04 Å². The molecule has 0 aromatic heterocycles. The van der Waals surface area contributed by atoms with Crippen LogP contribution in [0.3, 0.4) is 0 Å². The van der Waals surface area contributed by atoms with Crippen LogP contribution in [0, 0.1) is 0 Å². The van der Waals surface area contributed by atoms with Crippen molar-refractivity contribution in [2.24, 2.45) is 0 Å². The second-order valence-electron chi connectivity index (χ2n) is 6.03. The lowest BCUT2D eigenvalue weighted by Crippen LogP contribution is -2.64. The minimum absolute atomic E-state index is 0.160. The average molecular weight is 326 g/mol. The van der Waals surface area contributed by atoms with E-state index in [1.807, 2.05) is 7.05 Å². The Hall–Kier alpha value is -0.580. The van der Waals surface area contributed by atoms with Gasteiger partial charge in [-0.3, -0.25) is 4.90 Å². The van der Waals surface area contributed by atoms with Gasteiger partial charge in [-0.15, -0.1) is 0 Å². The van der Waals surface area contributed by atoms with Crippen LogP contribution in [0.2, 0.25) is 0 Å². The Morgan fingerprint density at radius 2 is 1.95 bits per heavy atom. The van der Waals surface area contributed by atoms with Gasteiger partial charge >= 0.3 is 0 Å². The molecule has 106 valence electrons. The summed E-state index contributed by atoms with van der Waals surface area (Å²) < 4.78 is 1.13. The number of rotatable bonds is 3. The molecule has 0 bridgehead atoms. The molecule has 3 nitrogen and oxygen atoms in total. The Morgan fingerprint density at radius 3 is 2.53 bits per heavy atom. The van der Waals surface area contributed by atoms with E-state index >= 15 is 0 Å². The summed E-state index contributed by atoms with van der Waals surface area (Å²) in [5.41, 5.74) is 1.47. The fourth-order valence-electron chi connectivity index (χ4n) is 2.95. The first-order valence-corrected chi connectivity index (χ1v) is 7.61. The van der Waals surface area contributed by atoms with E-state index in [1.165, 1.54) is 5.69 Å². The van der Waals surface area contributed by atoms with Gasteiger partial charge in [0, 0.05) is 41.4 Å². The number of halogens is 1. The summed E-state index contributed by atoms with van der Waals surface area (Å²) in [6, 6.07) is 9.20. The highest BCUT2D eigenvalue weighted by Crippen LogP contribution is 2.30. The molecule has 1 aromatic rings. The third-order valence-corrected chi connectivity index (χ3v) is 4.49. The summed E-state index contributed by atoms with van der Waals surface area (Å²) >= 11 is 3.51. The van der Waals surface area contributed by atoms with E-state index in [2.05, 4.69) is 76.2 Å². The minimum atomic E-state index is 0.160. The molecule has 0 spiro atoms. The lowest BCUT2D eigenvalue weighted by atomic mass is 9.95. The third kappa shape index (κ3) is 3.30. The van der Waals surface area contributed by atoms with E-state index < -0.39 is 0 Å². The van der Waals surface area contributed by atoms with Crippen molar-refractivity contribution in [3.63, 3.8) is 0 Å². The molecule has 0 amide bonds. The van der Waals surface area contributed by atoms with Crippen LogP contribution in [0.4, 0.5) is 5.69 Å². The Kier molecular flexibility index (Phi) is 4.54. The molecular formula is C15H24BrN3. The molecule has 0 radical (unpaired) electrons. The van der Waals surface area contributed by atoms with Crippen molar-refractivity contribution in [2.45, 2.75) is 25.4 Å². The SMILES string of the molecule is CNCC1CN(c2ccc(Br)cc2)C(C)(C)CN1C. The van der Waals surface area contributed by atoms with Crippen LogP contribution in [-0.4, -0.2) is 50.2 Å². The highest BCUT2D eigenvalue weighted by molar-refractivity contribution is 9.10. The van der Waals surface area contributed by atoms with Gasteiger partial charge in [0.25, 0.3) is 0 Å². The van der Waals surface area contributed by atoms with Crippen LogP contribution in [0.25, 0.3) is 0 Å². The molecule has 19 heavy (non-hydrogen) atoms. The van der Waals surface area contributed by atoms with Crippen LogP contribution in [0.15, 0.2) is 28.7 Å². The first kappa shape index (κ1) is 14.8. The predicted molar refractivity (Wildman–Crippen MR) is 85.9 cm³/mol. The standard InChI is InChI=1S/C15H24BrN3/c1-15(2)11-18(4)14(9-17-3)10-19(15)13-7-5-12(16)6-8-13/h5-8,14,17H,9-11H2,1-4H3. The van der Waals surface area contributed by atoms with Crippen molar-refractivity contribution in [2.75, 3.05) is 38.6 Å². The second kappa shape index (κ2) is 5.81. The normalized spacial score (nSPS) is 23.6. The fraction of sp³-hybridized carbons (Fsp3) is 0.600. The van der Waals surface area contributed by atoms with Gasteiger partial charge in [-0.2, -0.15) is 0 Å². The van der Waals surface area contributed by atoms with Crippen LogP contribution in [-0.2, 0) is 0 Å². The lowest BCUT2D eigenvalue weighted by Gasteiger charge is -2.51. The van der Waals surface area contributed by atoms with Crippen molar-refractivity contribution in [1.82, 2.24) is 10.2 Å². The van der Waals surface area contributed by atoms with Crippen LogP contribution >= 0.6 is 15.9 Å². The van der Waals surface area contributed by atoms with Gasteiger partial charge in [-0.05, 0) is 52.2 Å².